The molecule has 0 radical (unpaired) electrons. The van der Waals surface area contributed by atoms with Crippen molar-refractivity contribution in [2.24, 2.45) is 0 Å². The van der Waals surface area contributed by atoms with E-state index in [9.17, 15) is 4.79 Å². The van der Waals surface area contributed by atoms with Crippen molar-refractivity contribution in [2.75, 3.05) is 25.0 Å². The van der Waals surface area contributed by atoms with Gasteiger partial charge in [-0.1, -0.05) is 11.6 Å². The molecule has 1 aliphatic rings. The zero-order chi connectivity index (χ0) is 18.9. The lowest BCUT2D eigenvalue weighted by atomic mass is 10.0. The smallest absolute Gasteiger partial charge is 0.410 e. The van der Waals surface area contributed by atoms with Crippen molar-refractivity contribution in [1.29, 1.82) is 0 Å². The van der Waals surface area contributed by atoms with Crippen LogP contribution < -0.4 is 4.90 Å². The number of amides is 1. The Morgan fingerprint density at radius 1 is 1.23 bits per heavy atom. The SMILES string of the molecule is Cc1ccc2ncnc(N(C)C3CCN(C(=O)OC(C)(C)C)CC3)c2c1. The number of likely N-dealkylation sites (tertiary alicyclic amines) is 1. The monoisotopic (exact) mass is 356 g/mol. The van der Waals surface area contributed by atoms with Gasteiger partial charge in [0.1, 0.15) is 17.7 Å². The van der Waals surface area contributed by atoms with Gasteiger partial charge in [0.2, 0.25) is 0 Å². The molecule has 3 rings (SSSR count). The minimum atomic E-state index is -0.456. The Balaban J connectivity index is 1.70. The Morgan fingerprint density at radius 3 is 2.58 bits per heavy atom. The lowest BCUT2D eigenvalue weighted by Gasteiger charge is -2.38. The number of piperidine rings is 1. The van der Waals surface area contributed by atoms with Crippen LogP contribution in [0.25, 0.3) is 10.9 Å². The van der Waals surface area contributed by atoms with Crippen molar-refractivity contribution in [2.45, 2.75) is 52.2 Å². The van der Waals surface area contributed by atoms with Crippen LogP contribution in [0.2, 0.25) is 0 Å². The van der Waals surface area contributed by atoms with E-state index in [0.717, 1.165) is 29.6 Å². The molecule has 0 N–H and O–H groups in total. The summed E-state index contributed by atoms with van der Waals surface area (Å²) in [7, 11) is 2.08. The summed E-state index contributed by atoms with van der Waals surface area (Å²) < 4.78 is 5.48. The van der Waals surface area contributed by atoms with Crippen molar-refractivity contribution in [1.82, 2.24) is 14.9 Å². The topological polar surface area (TPSA) is 58.6 Å². The number of ether oxygens (including phenoxy) is 1. The van der Waals surface area contributed by atoms with E-state index in [1.54, 1.807) is 11.2 Å². The first-order valence-corrected chi connectivity index (χ1v) is 9.17. The molecule has 1 amide bonds. The summed E-state index contributed by atoms with van der Waals surface area (Å²) >= 11 is 0. The number of carbonyl (C=O) groups excluding carboxylic acids is 1. The highest BCUT2D eigenvalue weighted by Crippen LogP contribution is 2.27. The molecule has 1 fully saturated rings. The maximum atomic E-state index is 12.2. The summed E-state index contributed by atoms with van der Waals surface area (Å²) in [5.74, 6) is 0.953. The van der Waals surface area contributed by atoms with Gasteiger partial charge in [0, 0.05) is 31.6 Å². The van der Waals surface area contributed by atoms with Gasteiger partial charge in [0.15, 0.2) is 0 Å². The average molecular weight is 356 g/mol. The number of rotatable bonds is 2. The second kappa shape index (κ2) is 7.09. The van der Waals surface area contributed by atoms with Crippen LogP contribution in [0.3, 0.4) is 0 Å². The van der Waals surface area contributed by atoms with Crippen LogP contribution >= 0.6 is 0 Å². The van der Waals surface area contributed by atoms with Crippen LogP contribution in [0.5, 0.6) is 0 Å². The average Bonchev–Trinajstić information content (AvgIpc) is 2.59. The Hall–Kier alpha value is -2.37. The van der Waals surface area contributed by atoms with Gasteiger partial charge < -0.3 is 14.5 Å². The number of nitrogens with zero attached hydrogens (tertiary/aromatic N) is 4. The molecule has 0 saturated carbocycles. The molecule has 2 aromatic rings. The number of benzene rings is 1. The van der Waals surface area contributed by atoms with Crippen molar-refractivity contribution in [3.05, 3.63) is 30.1 Å². The van der Waals surface area contributed by atoms with Gasteiger partial charge in [-0.15, -0.1) is 0 Å². The van der Waals surface area contributed by atoms with E-state index < -0.39 is 5.60 Å². The third-order valence-corrected chi connectivity index (χ3v) is 4.77. The molecule has 1 aromatic heterocycles. The molecular formula is C20H28N4O2. The van der Waals surface area contributed by atoms with Crippen LogP contribution in [0.15, 0.2) is 24.5 Å². The molecule has 26 heavy (non-hydrogen) atoms. The normalized spacial score (nSPS) is 16.0. The van der Waals surface area contributed by atoms with Crippen LogP contribution in [-0.2, 0) is 4.74 Å². The molecule has 1 saturated heterocycles. The highest BCUT2D eigenvalue weighted by molar-refractivity contribution is 5.89. The minimum Gasteiger partial charge on any atom is -0.444 e. The zero-order valence-corrected chi connectivity index (χ0v) is 16.3. The summed E-state index contributed by atoms with van der Waals surface area (Å²) in [6, 6.07) is 6.58. The number of carbonyl (C=O) groups is 1. The standard InChI is InChI=1S/C20H28N4O2/c1-14-6-7-17-16(12-14)18(22-13-21-17)23(5)15-8-10-24(11-9-15)19(25)26-20(2,3)4/h6-7,12-13,15H,8-11H2,1-5H3. The first kappa shape index (κ1) is 18.4. The van der Waals surface area contributed by atoms with Crippen LogP contribution in [-0.4, -0.2) is 52.7 Å². The molecule has 2 heterocycles. The van der Waals surface area contributed by atoms with Gasteiger partial charge in [-0.3, -0.25) is 0 Å². The molecule has 0 atom stereocenters. The third kappa shape index (κ3) is 4.06. The van der Waals surface area contributed by atoms with E-state index in [0.29, 0.717) is 19.1 Å². The van der Waals surface area contributed by atoms with E-state index in [2.05, 4.69) is 41.0 Å². The highest BCUT2D eigenvalue weighted by Gasteiger charge is 2.29. The van der Waals surface area contributed by atoms with E-state index in [4.69, 9.17) is 4.74 Å². The summed E-state index contributed by atoms with van der Waals surface area (Å²) in [5, 5.41) is 1.07. The summed E-state index contributed by atoms with van der Waals surface area (Å²) in [6.07, 6.45) is 3.20. The van der Waals surface area contributed by atoms with Crippen molar-refractivity contribution in [3.63, 3.8) is 0 Å². The molecule has 0 aliphatic carbocycles. The predicted octanol–water partition coefficient (Wildman–Crippen LogP) is 3.77. The van der Waals surface area contributed by atoms with Gasteiger partial charge in [0.25, 0.3) is 0 Å². The van der Waals surface area contributed by atoms with Crippen LogP contribution in [0, 0.1) is 6.92 Å². The Kier molecular flexibility index (Phi) is 5.03. The lowest BCUT2D eigenvalue weighted by molar-refractivity contribution is 0.0205. The number of hydrogen-bond donors (Lipinski definition) is 0. The van der Waals surface area contributed by atoms with E-state index >= 15 is 0 Å². The van der Waals surface area contributed by atoms with Crippen molar-refractivity contribution < 1.29 is 9.53 Å². The number of hydrogen-bond acceptors (Lipinski definition) is 5. The Morgan fingerprint density at radius 2 is 1.92 bits per heavy atom. The summed E-state index contributed by atoms with van der Waals surface area (Å²) in [6.45, 7) is 9.17. The van der Waals surface area contributed by atoms with E-state index in [-0.39, 0.29) is 6.09 Å². The van der Waals surface area contributed by atoms with E-state index in [1.807, 2.05) is 26.8 Å². The number of anilines is 1. The maximum Gasteiger partial charge on any atom is 0.410 e. The first-order chi connectivity index (χ1) is 12.2. The molecule has 1 aliphatic heterocycles. The molecular weight excluding hydrogens is 328 g/mol. The summed E-state index contributed by atoms with van der Waals surface area (Å²) in [4.78, 5) is 25.2. The number of aryl methyl sites for hydroxylation is 1. The molecule has 140 valence electrons. The Bertz CT molecular complexity index is 792. The fraction of sp³-hybridized carbons (Fsp3) is 0.550. The Labute approximate surface area is 155 Å². The maximum absolute atomic E-state index is 12.2. The van der Waals surface area contributed by atoms with Gasteiger partial charge in [-0.05, 0) is 52.7 Å². The highest BCUT2D eigenvalue weighted by atomic mass is 16.6. The minimum absolute atomic E-state index is 0.221. The number of fused-ring (bicyclic) bond motifs is 1. The van der Waals surface area contributed by atoms with Gasteiger partial charge in [0.05, 0.1) is 5.52 Å². The molecule has 0 bridgehead atoms. The van der Waals surface area contributed by atoms with Gasteiger partial charge in [-0.2, -0.15) is 0 Å². The van der Waals surface area contributed by atoms with Gasteiger partial charge in [-0.25, -0.2) is 14.8 Å². The summed E-state index contributed by atoms with van der Waals surface area (Å²) in [5.41, 5.74) is 1.70. The van der Waals surface area contributed by atoms with Crippen LogP contribution in [0.4, 0.5) is 10.6 Å². The molecule has 6 heteroatoms. The fourth-order valence-corrected chi connectivity index (χ4v) is 3.37. The first-order valence-electron chi connectivity index (χ1n) is 9.17. The van der Waals surface area contributed by atoms with Gasteiger partial charge >= 0.3 is 6.09 Å². The predicted molar refractivity (Wildman–Crippen MR) is 104 cm³/mol. The molecule has 0 unspecified atom stereocenters. The molecule has 1 aromatic carbocycles. The third-order valence-electron chi connectivity index (χ3n) is 4.77. The largest absolute Gasteiger partial charge is 0.444 e. The molecule has 6 nitrogen and oxygen atoms in total. The van der Waals surface area contributed by atoms with Crippen molar-refractivity contribution in [3.8, 4) is 0 Å². The van der Waals surface area contributed by atoms with E-state index in [1.165, 1.54) is 5.56 Å². The zero-order valence-electron chi connectivity index (χ0n) is 16.3. The van der Waals surface area contributed by atoms with Crippen LogP contribution in [0.1, 0.15) is 39.2 Å². The quantitative estimate of drug-likeness (QED) is 0.820. The second-order valence-electron chi connectivity index (χ2n) is 8.03. The second-order valence-corrected chi connectivity index (χ2v) is 8.03. The van der Waals surface area contributed by atoms with Crippen molar-refractivity contribution >= 4 is 22.8 Å². The molecule has 0 spiro atoms. The fourth-order valence-electron chi connectivity index (χ4n) is 3.37. The number of aromatic nitrogens is 2. The lowest BCUT2D eigenvalue weighted by Crippen LogP contribution is -2.47.